The molecule has 1 aromatic carbocycles. The van der Waals surface area contributed by atoms with Crippen LogP contribution in [0.5, 0.6) is 0 Å². The van der Waals surface area contributed by atoms with Gasteiger partial charge in [0.2, 0.25) is 0 Å². The summed E-state index contributed by atoms with van der Waals surface area (Å²) >= 11 is 0. The van der Waals surface area contributed by atoms with Gasteiger partial charge in [0.25, 0.3) is 0 Å². The molecule has 0 fully saturated rings. The second kappa shape index (κ2) is 6.57. The number of benzene rings is 1. The number of hydrogen-bond acceptors (Lipinski definition) is 3. The summed E-state index contributed by atoms with van der Waals surface area (Å²) in [6.45, 7) is 5.78. The third kappa shape index (κ3) is 3.68. The lowest BCUT2D eigenvalue weighted by Crippen LogP contribution is -2.25. The topological polar surface area (TPSA) is 38.5 Å². The molecule has 0 amide bonds. The summed E-state index contributed by atoms with van der Waals surface area (Å²) in [7, 11) is 1.92. The lowest BCUT2D eigenvalue weighted by atomic mass is 10.1. The lowest BCUT2D eigenvalue weighted by molar-refractivity contribution is 0.154. The molecule has 0 saturated carbocycles. The SMILES string of the molecule is CCOCCN(C)c1cccc(F)c1[C@@H](C)N. The van der Waals surface area contributed by atoms with Crippen molar-refractivity contribution in [3.05, 3.63) is 29.6 Å². The molecule has 0 aliphatic rings. The molecule has 0 spiro atoms. The number of anilines is 1. The summed E-state index contributed by atoms with van der Waals surface area (Å²) in [6.07, 6.45) is 0. The molecule has 1 rings (SSSR count). The van der Waals surface area contributed by atoms with Gasteiger partial charge in [0, 0.05) is 37.5 Å². The van der Waals surface area contributed by atoms with Gasteiger partial charge >= 0.3 is 0 Å². The molecule has 17 heavy (non-hydrogen) atoms. The minimum atomic E-state index is -0.319. The highest BCUT2D eigenvalue weighted by molar-refractivity contribution is 5.54. The Morgan fingerprint density at radius 3 is 2.76 bits per heavy atom. The summed E-state index contributed by atoms with van der Waals surface area (Å²) in [5.41, 5.74) is 7.20. The van der Waals surface area contributed by atoms with Crippen LogP contribution in [0.2, 0.25) is 0 Å². The zero-order valence-corrected chi connectivity index (χ0v) is 10.7. The van der Waals surface area contributed by atoms with Gasteiger partial charge in [-0.15, -0.1) is 0 Å². The predicted molar refractivity (Wildman–Crippen MR) is 68.8 cm³/mol. The fourth-order valence-electron chi connectivity index (χ4n) is 1.78. The predicted octanol–water partition coefficient (Wildman–Crippen LogP) is 2.32. The summed E-state index contributed by atoms with van der Waals surface area (Å²) in [5, 5.41) is 0. The molecule has 0 unspecified atom stereocenters. The van der Waals surface area contributed by atoms with Gasteiger partial charge in [0.1, 0.15) is 5.82 Å². The fraction of sp³-hybridized carbons (Fsp3) is 0.538. The zero-order chi connectivity index (χ0) is 12.8. The second-order valence-corrected chi connectivity index (χ2v) is 4.08. The van der Waals surface area contributed by atoms with Gasteiger partial charge in [-0.3, -0.25) is 0 Å². The number of hydrogen-bond donors (Lipinski definition) is 1. The zero-order valence-electron chi connectivity index (χ0n) is 10.7. The van der Waals surface area contributed by atoms with E-state index in [1.165, 1.54) is 6.07 Å². The van der Waals surface area contributed by atoms with E-state index in [-0.39, 0.29) is 11.9 Å². The van der Waals surface area contributed by atoms with Gasteiger partial charge in [-0.25, -0.2) is 4.39 Å². The van der Waals surface area contributed by atoms with Crippen LogP contribution in [0.4, 0.5) is 10.1 Å². The van der Waals surface area contributed by atoms with E-state index in [4.69, 9.17) is 10.5 Å². The van der Waals surface area contributed by atoms with E-state index in [0.717, 1.165) is 12.2 Å². The molecule has 1 atom stereocenters. The molecule has 0 radical (unpaired) electrons. The fourth-order valence-corrected chi connectivity index (χ4v) is 1.78. The van der Waals surface area contributed by atoms with Gasteiger partial charge in [-0.2, -0.15) is 0 Å². The first-order chi connectivity index (χ1) is 8.07. The van der Waals surface area contributed by atoms with Crippen molar-refractivity contribution in [1.82, 2.24) is 0 Å². The van der Waals surface area contributed by atoms with Gasteiger partial charge in [-0.05, 0) is 26.0 Å². The first-order valence-electron chi connectivity index (χ1n) is 5.90. The van der Waals surface area contributed by atoms with E-state index in [9.17, 15) is 4.39 Å². The minimum absolute atomic E-state index is 0.249. The van der Waals surface area contributed by atoms with E-state index in [0.29, 0.717) is 18.8 Å². The molecule has 3 nitrogen and oxygen atoms in total. The summed E-state index contributed by atoms with van der Waals surface area (Å²) in [4.78, 5) is 1.97. The average molecular weight is 240 g/mol. The first kappa shape index (κ1) is 13.9. The maximum atomic E-state index is 13.7. The number of nitrogens with zero attached hydrogens (tertiary/aromatic N) is 1. The van der Waals surface area contributed by atoms with Crippen LogP contribution in [0, 0.1) is 5.82 Å². The highest BCUT2D eigenvalue weighted by Crippen LogP contribution is 2.26. The molecule has 4 heteroatoms. The Labute approximate surface area is 102 Å². The number of nitrogens with two attached hydrogens (primary N) is 1. The van der Waals surface area contributed by atoms with Crippen molar-refractivity contribution in [3.63, 3.8) is 0 Å². The van der Waals surface area contributed by atoms with Crippen molar-refractivity contribution in [2.75, 3.05) is 31.7 Å². The van der Waals surface area contributed by atoms with Crippen molar-refractivity contribution in [3.8, 4) is 0 Å². The molecule has 2 N–H and O–H groups in total. The third-order valence-corrected chi connectivity index (χ3v) is 2.67. The molecule has 0 heterocycles. The summed E-state index contributed by atoms with van der Waals surface area (Å²) < 4.78 is 19.0. The molecular formula is C13H21FN2O. The van der Waals surface area contributed by atoms with Crippen LogP contribution in [0.3, 0.4) is 0 Å². The Kier molecular flexibility index (Phi) is 5.38. The molecule has 96 valence electrons. The average Bonchev–Trinajstić information content (AvgIpc) is 2.28. The van der Waals surface area contributed by atoms with Crippen LogP contribution < -0.4 is 10.6 Å². The van der Waals surface area contributed by atoms with Crippen LogP contribution in [0.25, 0.3) is 0 Å². The van der Waals surface area contributed by atoms with E-state index in [2.05, 4.69) is 0 Å². The molecule has 0 aromatic heterocycles. The lowest BCUT2D eigenvalue weighted by Gasteiger charge is -2.24. The Morgan fingerprint density at radius 1 is 1.47 bits per heavy atom. The van der Waals surface area contributed by atoms with E-state index in [1.807, 2.05) is 24.9 Å². The van der Waals surface area contributed by atoms with Crippen molar-refractivity contribution < 1.29 is 9.13 Å². The molecular weight excluding hydrogens is 219 g/mol. The Morgan fingerprint density at radius 2 is 2.18 bits per heavy atom. The molecule has 0 aliphatic carbocycles. The quantitative estimate of drug-likeness (QED) is 0.775. The Balaban J connectivity index is 2.85. The van der Waals surface area contributed by atoms with Crippen LogP contribution in [-0.4, -0.2) is 26.8 Å². The van der Waals surface area contributed by atoms with Gasteiger partial charge < -0.3 is 15.4 Å². The Hall–Kier alpha value is -1.13. The van der Waals surface area contributed by atoms with E-state index >= 15 is 0 Å². The van der Waals surface area contributed by atoms with Crippen molar-refractivity contribution >= 4 is 5.69 Å². The molecule has 0 bridgehead atoms. The first-order valence-corrected chi connectivity index (χ1v) is 5.90. The van der Waals surface area contributed by atoms with Gasteiger partial charge in [0.05, 0.1) is 6.61 Å². The van der Waals surface area contributed by atoms with E-state index < -0.39 is 0 Å². The highest BCUT2D eigenvalue weighted by Gasteiger charge is 2.14. The van der Waals surface area contributed by atoms with Crippen molar-refractivity contribution in [2.45, 2.75) is 19.9 Å². The van der Waals surface area contributed by atoms with Crippen LogP contribution in [0.15, 0.2) is 18.2 Å². The summed E-state index contributed by atoms with van der Waals surface area (Å²) in [5.74, 6) is -0.249. The maximum Gasteiger partial charge on any atom is 0.130 e. The van der Waals surface area contributed by atoms with Crippen LogP contribution >= 0.6 is 0 Å². The standard InChI is InChI=1S/C13H21FN2O/c1-4-17-9-8-16(3)12-7-5-6-11(14)13(12)10(2)15/h5-7,10H,4,8-9,15H2,1-3H3/t10-/m1/s1. The molecule has 0 aliphatic heterocycles. The van der Waals surface area contributed by atoms with Crippen molar-refractivity contribution in [1.29, 1.82) is 0 Å². The van der Waals surface area contributed by atoms with Crippen LogP contribution in [-0.2, 0) is 4.74 Å². The Bertz CT molecular complexity index is 355. The van der Waals surface area contributed by atoms with Gasteiger partial charge in [0.15, 0.2) is 0 Å². The molecule has 1 aromatic rings. The van der Waals surface area contributed by atoms with E-state index in [1.54, 1.807) is 13.0 Å². The van der Waals surface area contributed by atoms with Crippen molar-refractivity contribution in [2.24, 2.45) is 5.73 Å². The number of halogens is 1. The summed E-state index contributed by atoms with van der Waals surface area (Å²) in [6, 6.07) is 4.71. The van der Waals surface area contributed by atoms with Gasteiger partial charge in [-0.1, -0.05) is 6.07 Å². The normalized spacial score (nSPS) is 12.5. The maximum absolute atomic E-state index is 13.7. The largest absolute Gasteiger partial charge is 0.380 e. The van der Waals surface area contributed by atoms with Crippen LogP contribution in [0.1, 0.15) is 25.5 Å². The molecule has 0 saturated heterocycles. The number of likely N-dealkylation sites (N-methyl/N-ethyl adjacent to an activating group) is 1. The second-order valence-electron chi connectivity index (χ2n) is 4.08. The number of rotatable bonds is 6. The third-order valence-electron chi connectivity index (χ3n) is 2.67. The number of ether oxygens (including phenoxy) is 1. The smallest absolute Gasteiger partial charge is 0.130 e. The monoisotopic (exact) mass is 240 g/mol. The minimum Gasteiger partial charge on any atom is -0.380 e. The highest BCUT2D eigenvalue weighted by atomic mass is 19.1.